The van der Waals surface area contributed by atoms with Gasteiger partial charge < -0.3 is 14.6 Å². The maximum Gasteiger partial charge on any atom is 0.335 e. The van der Waals surface area contributed by atoms with Crippen LogP contribution in [-0.2, 0) is 14.3 Å². The summed E-state index contributed by atoms with van der Waals surface area (Å²) in [7, 11) is 0. The van der Waals surface area contributed by atoms with E-state index in [-0.39, 0.29) is 12.2 Å². The molecule has 0 amide bonds. The second-order valence-corrected chi connectivity index (χ2v) is 3.71. The molecule has 0 aromatic heterocycles. The highest BCUT2D eigenvalue weighted by Gasteiger charge is 2.22. The molecule has 84 valence electrons. The molecule has 0 saturated heterocycles. The van der Waals surface area contributed by atoms with Crippen molar-refractivity contribution in [3.8, 4) is 0 Å². The Morgan fingerprint density at radius 1 is 1.43 bits per heavy atom. The summed E-state index contributed by atoms with van der Waals surface area (Å²) in [4.78, 5) is 10.7. The number of hydrogen-bond acceptors (Lipinski definition) is 3. The van der Waals surface area contributed by atoms with Gasteiger partial charge in [0.1, 0.15) is 0 Å². The van der Waals surface area contributed by atoms with Crippen molar-refractivity contribution in [2.75, 3.05) is 13.2 Å². The van der Waals surface area contributed by atoms with Gasteiger partial charge in [0.25, 0.3) is 0 Å². The molecule has 0 bridgehead atoms. The number of carboxylic acids is 1. The van der Waals surface area contributed by atoms with Gasteiger partial charge in [-0.3, -0.25) is 0 Å². The summed E-state index contributed by atoms with van der Waals surface area (Å²) < 4.78 is 10.5. The van der Waals surface area contributed by atoms with E-state index < -0.39 is 12.1 Å². The van der Waals surface area contributed by atoms with Gasteiger partial charge in [0.15, 0.2) is 6.10 Å². The normalized spacial score (nSPS) is 14.0. The van der Waals surface area contributed by atoms with Crippen LogP contribution in [0.4, 0.5) is 0 Å². The Morgan fingerprint density at radius 2 is 2.00 bits per heavy atom. The lowest BCUT2D eigenvalue weighted by atomic mass is 10.1. The van der Waals surface area contributed by atoms with E-state index in [1.54, 1.807) is 6.92 Å². The van der Waals surface area contributed by atoms with Crippen molar-refractivity contribution in [1.29, 1.82) is 0 Å². The molecule has 0 fully saturated rings. The highest BCUT2D eigenvalue weighted by Crippen LogP contribution is 2.14. The number of carbonyl (C=O) groups is 1. The van der Waals surface area contributed by atoms with Crippen LogP contribution in [0.25, 0.3) is 0 Å². The molecule has 0 aromatic rings. The Balaban J connectivity index is 3.99. The molecular formula is C10H20O4. The lowest BCUT2D eigenvalue weighted by Crippen LogP contribution is -2.34. The number of rotatable bonds is 7. The quantitative estimate of drug-likeness (QED) is 0.685. The Morgan fingerprint density at radius 3 is 2.36 bits per heavy atom. The zero-order chi connectivity index (χ0) is 11.2. The van der Waals surface area contributed by atoms with Crippen molar-refractivity contribution >= 4 is 5.97 Å². The average Bonchev–Trinajstić information content (AvgIpc) is 2.12. The Labute approximate surface area is 85.2 Å². The maximum atomic E-state index is 10.7. The fourth-order valence-corrected chi connectivity index (χ4v) is 0.795. The molecule has 4 nitrogen and oxygen atoms in total. The van der Waals surface area contributed by atoms with Crippen molar-refractivity contribution in [2.24, 2.45) is 0 Å². The molecule has 0 aliphatic carbocycles. The van der Waals surface area contributed by atoms with Gasteiger partial charge in [0.05, 0.1) is 12.2 Å². The second kappa shape index (κ2) is 5.98. The highest BCUT2D eigenvalue weighted by atomic mass is 16.6. The van der Waals surface area contributed by atoms with Crippen LogP contribution in [0, 0.1) is 0 Å². The third kappa shape index (κ3) is 5.19. The van der Waals surface area contributed by atoms with E-state index in [4.69, 9.17) is 14.6 Å². The molecule has 4 heteroatoms. The minimum atomic E-state index is -0.973. The van der Waals surface area contributed by atoms with Crippen LogP contribution in [-0.4, -0.2) is 36.0 Å². The maximum absolute atomic E-state index is 10.7. The lowest BCUT2D eigenvalue weighted by Gasteiger charge is -2.25. The van der Waals surface area contributed by atoms with Crippen LogP contribution in [0.5, 0.6) is 0 Å². The van der Waals surface area contributed by atoms with Crippen molar-refractivity contribution in [2.45, 2.75) is 45.8 Å². The standard InChI is InChI=1S/C10H20O4/c1-5-10(3,4)14-7-8(9(11)12)13-6-2/h8H,5-7H2,1-4H3,(H,11,12). The summed E-state index contributed by atoms with van der Waals surface area (Å²) in [6.07, 6.45) is -0.0170. The number of hydrogen-bond donors (Lipinski definition) is 1. The fraction of sp³-hybridized carbons (Fsp3) is 0.900. The zero-order valence-electron chi connectivity index (χ0n) is 9.37. The summed E-state index contributed by atoms with van der Waals surface area (Å²) in [5.74, 6) is -0.973. The molecule has 0 spiro atoms. The molecule has 1 atom stereocenters. The molecule has 0 aromatic carbocycles. The van der Waals surface area contributed by atoms with Crippen LogP contribution in [0.1, 0.15) is 34.1 Å². The lowest BCUT2D eigenvalue weighted by molar-refractivity contribution is -0.158. The first-order chi connectivity index (χ1) is 6.43. The van der Waals surface area contributed by atoms with Crippen LogP contribution in [0.3, 0.4) is 0 Å². The number of aliphatic carboxylic acids is 1. The predicted octanol–water partition coefficient (Wildman–Crippen LogP) is 1.68. The van der Waals surface area contributed by atoms with Gasteiger partial charge in [-0.15, -0.1) is 0 Å². The minimum Gasteiger partial charge on any atom is -0.479 e. The first kappa shape index (κ1) is 13.4. The smallest absolute Gasteiger partial charge is 0.335 e. The fourth-order valence-electron chi connectivity index (χ4n) is 0.795. The Hall–Kier alpha value is -0.610. The molecule has 0 rings (SSSR count). The number of ether oxygens (including phenoxy) is 2. The van der Waals surface area contributed by atoms with Crippen LogP contribution in [0.15, 0.2) is 0 Å². The first-order valence-corrected chi connectivity index (χ1v) is 4.91. The molecule has 14 heavy (non-hydrogen) atoms. The van der Waals surface area contributed by atoms with E-state index in [1.807, 2.05) is 20.8 Å². The highest BCUT2D eigenvalue weighted by molar-refractivity contribution is 5.72. The summed E-state index contributed by atoms with van der Waals surface area (Å²) >= 11 is 0. The largest absolute Gasteiger partial charge is 0.479 e. The molecule has 0 aliphatic rings. The van der Waals surface area contributed by atoms with Gasteiger partial charge in [-0.2, -0.15) is 0 Å². The van der Waals surface area contributed by atoms with E-state index in [2.05, 4.69) is 0 Å². The molecule has 1 unspecified atom stereocenters. The van der Waals surface area contributed by atoms with Crippen LogP contribution in [0.2, 0.25) is 0 Å². The molecule has 0 heterocycles. The third-order valence-electron chi connectivity index (χ3n) is 2.12. The monoisotopic (exact) mass is 204 g/mol. The minimum absolute atomic E-state index is 0.101. The van der Waals surface area contributed by atoms with Crippen molar-refractivity contribution in [3.05, 3.63) is 0 Å². The summed E-state index contributed by atoms with van der Waals surface area (Å²) in [5, 5.41) is 8.77. The van der Waals surface area contributed by atoms with Gasteiger partial charge in [-0.1, -0.05) is 6.92 Å². The summed E-state index contributed by atoms with van der Waals surface area (Å²) in [6.45, 7) is 8.10. The Bertz CT molecular complexity index is 177. The van der Waals surface area contributed by atoms with Crippen LogP contribution >= 0.6 is 0 Å². The molecule has 0 saturated carbocycles. The summed E-state index contributed by atoms with van der Waals surface area (Å²) in [6, 6.07) is 0. The van der Waals surface area contributed by atoms with Gasteiger partial charge in [0.2, 0.25) is 0 Å². The average molecular weight is 204 g/mol. The predicted molar refractivity (Wildman–Crippen MR) is 53.4 cm³/mol. The topological polar surface area (TPSA) is 55.8 Å². The Kier molecular flexibility index (Phi) is 5.72. The molecule has 0 radical (unpaired) electrons. The van der Waals surface area contributed by atoms with Gasteiger partial charge in [-0.25, -0.2) is 4.79 Å². The van der Waals surface area contributed by atoms with Gasteiger partial charge in [-0.05, 0) is 27.2 Å². The van der Waals surface area contributed by atoms with Crippen molar-refractivity contribution < 1.29 is 19.4 Å². The zero-order valence-corrected chi connectivity index (χ0v) is 9.37. The van der Waals surface area contributed by atoms with E-state index in [0.717, 1.165) is 6.42 Å². The number of carboxylic acid groups (broad SMARTS) is 1. The third-order valence-corrected chi connectivity index (χ3v) is 2.12. The van der Waals surface area contributed by atoms with Crippen molar-refractivity contribution in [3.63, 3.8) is 0 Å². The van der Waals surface area contributed by atoms with Gasteiger partial charge >= 0.3 is 5.97 Å². The van der Waals surface area contributed by atoms with Gasteiger partial charge in [0, 0.05) is 6.61 Å². The summed E-state index contributed by atoms with van der Waals surface area (Å²) in [5.41, 5.74) is -0.287. The molecule has 0 aliphatic heterocycles. The van der Waals surface area contributed by atoms with Crippen LogP contribution < -0.4 is 0 Å². The molecular weight excluding hydrogens is 184 g/mol. The van der Waals surface area contributed by atoms with E-state index in [1.165, 1.54) is 0 Å². The van der Waals surface area contributed by atoms with Crippen molar-refractivity contribution in [1.82, 2.24) is 0 Å². The second-order valence-electron chi connectivity index (χ2n) is 3.71. The molecule has 1 N–H and O–H groups in total. The first-order valence-electron chi connectivity index (χ1n) is 4.91. The SMILES string of the molecule is CCOC(COC(C)(C)CC)C(=O)O. The van der Waals surface area contributed by atoms with E-state index in [9.17, 15) is 4.79 Å². The van der Waals surface area contributed by atoms with E-state index >= 15 is 0 Å². The van der Waals surface area contributed by atoms with E-state index in [0.29, 0.717) is 6.61 Å².